The number of nitrogens with zero attached hydrogens (tertiary/aromatic N) is 4. The van der Waals surface area contributed by atoms with Gasteiger partial charge in [-0.1, -0.05) is 17.3 Å². The standard InChI is InChI=1S/C16H17N5O2/c22-16(14-5-10-23-19-14)21-8-6-20(7-9-21)11-15-17-12-3-1-2-4-13(12)18-15/h1-5,10H,6-9,11H2,(H,17,18). The number of hydrogen-bond acceptors (Lipinski definition) is 5. The zero-order chi connectivity index (χ0) is 15.6. The number of rotatable bonds is 3. The van der Waals surface area contributed by atoms with Gasteiger partial charge in [0.15, 0.2) is 5.69 Å². The number of benzene rings is 1. The number of carbonyl (C=O) groups is 1. The summed E-state index contributed by atoms with van der Waals surface area (Å²) in [5.41, 5.74) is 2.42. The molecule has 0 bridgehead atoms. The van der Waals surface area contributed by atoms with Crippen LogP contribution in [0.4, 0.5) is 0 Å². The van der Waals surface area contributed by atoms with Crippen LogP contribution in [-0.4, -0.2) is 57.0 Å². The highest BCUT2D eigenvalue weighted by molar-refractivity contribution is 5.92. The van der Waals surface area contributed by atoms with Gasteiger partial charge in [-0.3, -0.25) is 9.69 Å². The number of hydrogen-bond donors (Lipinski definition) is 1. The van der Waals surface area contributed by atoms with E-state index < -0.39 is 0 Å². The molecule has 0 saturated carbocycles. The molecule has 1 saturated heterocycles. The molecule has 0 atom stereocenters. The number of aromatic amines is 1. The average Bonchev–Trinajstić information content (AvgIpc) is 3.24. The summed E-state index contributed by atoms with van der Waals surface area (Å²) in [6.45, 7) is 3.78. The van der Waals surface area contributed by atoms with Gasteiger partial charge in [0.1, 0.15) is 12.1 Å². The van der Waals surface area contributed by atoms with Crippen molar-refractivity contribution in [3.63, 3.8) is 0 Å². The topological polar surface area (TPSA) is 78.3 Å². The van der Waals surface area contributed by atoms with Gasteiger partial charge < -0.3 is 14.4 Å². The number of para-hydroxylation sites is 2. The summed E-state index contributed by atoms with van der Waals surface area (Å²) >= 11 is 0. The lowest BCUT2D eigenvalue weighted by Gasteiger charge is -2.33. The Balaban J connectivity index is 1.37. The smallest absolute Gasteiger partial charge is 0.276 e. The number of fused-ring (bicyclic) bond motifs is 1. The monoisotopic (exact) mass is 311 g/mol. The Bertz CT molecular complexity index is 770. The van der Waals surface area contributed by atoms with Gasteiger partial charge in [0.2, 0.25) is 0 Å². The molecular formula is C16H17N5O2. The van der Waals surface area contributed by atoms with Crippen LogP contribution in [0.1, 0.15) is 16.3 Å². The molecule has 118 valence electrons. The molecule has 4 rings (SSSR count). The first-order valence-corrected chi connectivity index (χ1v) is 7.65. The third-order valence-corrected chi connectivity index (χ3v) is 4.13. The van der Waals surface area contributed by atoms with Gasteiger partial charge in [-0.15, -0.1) is 0 Å². The van der Waals surface area contributed by atoms with Crippen molar-refractivity contribution in [2.24, 2.45) is 0 Å². The van der Waals surface area contributed by atoms with E-state index in [1.54, 1.807) is 6.07 Å². The van der Waals surface area contributed by atoms with Gasteiger partial charge in [-0.25, -0.2) is 4.98 Å². The molecule has 0 unspecified atom stereocenters. The van der Waals surface area contributed by atoms with Crippen LogP contribution in [-0.2, 0) is 6.54 Å². The lowest BCUT2D eigenvalue weighted by molar-refractivity contribution is 0.0616. The maximum absolute atomic E-state index is 12.2. The molecule has 1 N–H and O–H groups in total. The van der Waals surface area contributed by atoms with Crippen LogP contribution in [0.15, 0.2) is 41.1 Å². The number of piperazine rings is 1. The van der Waals surface area contributed by atoms with E-state index in [4.69, 9.17) is 4.52 Å². The van der Waals surface area contributed by atoms with Crippen molar-refractivity contribution in [2.75, 3.05) is 26.2 Å². The summed E-state index contributed by atoms with van der Waals surface area (Å²) in [5, 5.41) is 3.71. The van der Waals surface area contributed by atoms with Crippen LogP contribution < -0.4 is 0 Å². The first kappa shape index (κ1) is 14.0. The minimum absolute atomic E-state index is 0.0675. The van der Waals surface area contributed by atoms with Crippen molar-refractivity contribution < 1.29 is 9.32 Å². The van der Waals surface area contributed by atoms with Crippen molar-refractivity contribution >= 4 is 16.9 Å². The molecule has 1 amide bonds. The molecule has 2 aromatic heterocycles. The second-order valence-electron chi connectivity index (χ2n) is 5.65. The molecule has 3 aromatic rings. The van der Waals surface area contributed by atoms with Crippen molar-refractivity contribution in [3.05, 3.63) is 48.1 Å². The molecule has 1 aliphatic rings. The molecule has 23 heavy (non-hydrogen) atoms. The van der Waals surface area contributed by atoms with Crippen molar-refractivity contribution in [3.8, 4) is 0 Å². The molecule has 1 aromatic carbocycles. The van der Waals surface area contributed by atoms with Gasteiger partial charge in [0, 0.05) is 32.2 Å². The van der Waals surface area contributed by atoms with E-state index in [2.05, 4.69) is 20.0 Å². The highest BCUT2D eigenvalue weighted by atomic mass is 16.5. The van der Waals surface area contributed by atoms with Gasteiger partial charge in [0.25, 0.3) is 5.91 Å². The summed E-state index contributed by atoms with van der Waals surface area (Å²) in [4.78, 5) is 24.3. The number of H-pyrrole nitrogens is 1. The highest BCUT2D eigenvalue weighted by Crippen LogP contribution is 2.13. The number of imidazole rings is 1. The summed E-state index contributed by atoms with van der Waals surface area (Å²) in [6, 6.07) is 9.62. The first-order chi connectivity index (χ1) is 11.3. The Kier molecular flexibility index (Phi) is 3.55. The zero-order valence-electron chi connectivity index (χ0n) is 12.6. The maximum Gasteiger partial charge on any atom is 0.276 e. The highest BCUT2D eigenvalue weighted by Gasteiger charge is 2.24. The molecule has 0 spiro atoms. The average molecular weight is 311 g/mol. The van der Waals surface area contributed by atoms with E-state index in [9.17, 15) is 4.79 Å². The summed E-state index contributed by atoms with van der Waals surface area (Å²) < 4.78 is 4.74. The van der Waals surface area contributed by atoms with Crippen molar-refractivity contribution in [1.29, 1.82) is 0 Å². The van der Waals surface area contributed by atoms with Crippen molar-refractivity contribution in [1.82, 2.24) is 24.9 Å². The fraction of sp³-hybridized carbons (Fsp3) is 0.312. The number of carbonyl (C=O) groups excluding carboxylic acids is 1. The van der Waals surface area contributed by atoms with Crippen LogP contribution in [0, 0.1) is 0 Å². The van der Waals surface area contributed by atoms with E-state index in [0.29, 0.717) is 18.8 Å². The predicted molar refractivity (Wildman–Crippen MR) is 83.8 cm³/mol. The molecule has 0 aliphatic carbocycles. The molecule has 0 radical (unpaired) electrons. The van der Waals surface area contributed by atoms with E-state index >= 15 is 0 Å². The minimum atomic E-state index is -0.0675. The Hall–Kier alpha value is -2.67. The van der Waals surface area contributed by atoms with Crippen LogP contribution in [0.2, 0.25) is 0 Å². The number of nitrogens with one attached hydrogen (secondary N) is 1. The molecule has 1 aliphatic heterocycles. The van der Waals surface area contributed by atoms with Crippen molar-refractivity contribution in [2.45, 2.75) is 6.54 Å². The van der Waals surface area contributed by atoms with Crippen LogP contribution in [0.3, 0.4) is 0 Å². The fourth-order valence-corrected chi connectivity index (χ4v) is 2.89. The summed E-state index contributed by atoms with van der Waals surface area (Å²) in [5.74, 6) is 0.893. The van der Waals surface area contributed by atoms with Crippen LogP contribution in [0.25, 0.3) is 11.0 Å². The van der Waals surface area contributed by atoms with Gasteiger partial charge in [-0.05, 0) is 12.1 Å². The minimum Gasteiger partial charge on any atom is -0.364 e. The predicted octanol–water partition coefficient (Wildman–Crippen LogP) is 1.51. The lowest BCUT2D eigenvalue weighted by Crippen LogP contribution is -2.48. The zero-order valence-corrected chi connectivity index (χ0v) is 12.6. The Morgan fingerprint density at radius 3 is 2.74 bits per heavy atom. The number of amides is 1. The quantitative estimate of drug-likeness (QED) is 0.793. The first-order valence-electron chi connectivity index (χ1n) is 7.65. The van der Waals surface area contributed by atoms with Gasteiger partial charge >= 0.3 is 0 Å². The van der Waals surface area contributed by atoms with E-state index in [0.717, 1.165) is 36.5 Å². The fourth-order valence-electron chi connectivity index (χ4n) is 2.89. The molecule has 7 heteroatoms. The third kappa shape index (κ3) is 2.83. The molecule has 3 heterocycles. The Morgan fingerprint density at radius 2 is 2.00 bits per heavy atom. The van der Waals surface area contributed by atoms with E-state index in [1.165, 1.54) is 6.26 Å². The van der Waals surface area contributed by atoms with Gasteiger partial charge in [0.05, 0.1) is 17.6 Å². The Labute approximate surface area is 132 Å². The second-order valence-corrected chi connectivity index (χ2v) is 5.65. The van der Waals surface area contributed by atoms with Crippen LogP contribution in [0.5, 0.6) is 0 Å². The largest absolute Gasteiger partial charge is 0.364 e. The van der Waals surface area contributed by atoms with E-state index in [1.807, 2.05) is 29.2 Å². The Morgan fingerprint density at radius 1 is 1.17 bits per heavy atom. The molecular weight excluding hydrogens is 294 g/mol. The molecule has 7 nitrogen and oxygen atoms in total. The summed E-state index contributed by atoms with van der Waals surface area (Å²) in [7, 11) is 0. The third-order valence-electron chi connectivity index (χ3n) is 4.13. The van der Waals surface area contributed by atoms with Crippen LogP contribution >= 0.6 is 0 Å². The SMILES string of the molecule is O=C(c1ccon1)N1CCN(Cc2nc3ccccc3[nH]2)CC1. The summed E-state index contributed by atoms with van der Waals surface area (Å²) in [6.07, 6.45) is 1.42. The van der Waals surface area contributed by atoms with Gasteiger partial charge in [-0.2, -0.15) is 0 Å². The number of aromatic nitrogens is 3. The lowest BCUT2D eigenvalue weighted by atomic mass is 10.2. The van der Waals surface area contributed by atoms with E-state index in [-0.39, 0.29) is 5.91 Å². The second kappa shape index (κ2) is 5.85. The molecule has 1 fully saturated rings. The maximum atomic E-state index is 12.2. The normalized spacial score (nSPS) is 16.1.